The van der Waals surface area contributed by atoms with Gasteiger partial charge in [-0.05, 0) is 17.7 Å². The van der Waals surface area contributed by atoms with Crippen LogP contribution < -0.4 is 4.89 Å². The van der Waals surface area contributed by atoms with Gasteiger partial charge in [-0.15, -0.1) is 0 Å². The van der Waals surface area contributed by atoms with Crippen molar-refractivity contribution in [3.63, 3.8) is 0 Å². The Morgan fingerprint density at radius 1 is 1.50 bits per heavy atom. The Morgan fingerprint density at radius 3 is 2.75 bits per heavy atom. The number of rotatable bonds is 5. The number of hydrogen-bond acceptors (Lipinski definition) is 4. The van der Waals surface area contributed by atoms with Gasteiger partial charge in [-0.3, -0.25) is 4.84 Å². The number of carbonyl (C=O) groups is 1. The van der Waals surface area contributed by atoms with E-state index in [9.17, 15) is 13.2 Å². The second-order valence-electron chi connectivity index (χ2n) is 3.05. The van der Waals surface area contributed by atoms with E-state index >= 15 is 0 Å². The maximum absolute atomic E-state index is 11.3. The average Bonchev–Trinajstić information content (AvgIpc) is 2.17. The van der Waals surface area contributed by atoms with Gasteiger partial charge in [-0.25, -0.2) is 13.2 Å². The van der Waals surface area contributed by atoms with Crippen LogP contribution in [0.3, 0.4) is 0 Å². The highest BCUT2D eigenvalue weighted by molar-refractivity contribution is 7.88. The zero-order valence-electron chi connectivity index (χ0n) is 8.50. The summed E-state index contributed by atoms with van der Waals surface area (Å²) < 4.78 is 22.6. The van der Waals surface area contributed by atoms with Gasteiger partial charge in [0, 0.05) is 0 Å². The molecule has 6 nitrogen and oxygen atoms in total. The number of nitrogens with one attached hydrogen (secondary N) is 1. The third-order valence-electron chi connectivity index (χ3n) is 1.74. The molecule has 0 amide bonds. The van der Waals surface area contributed by atoms with Gasteiger partial charge in [0.25, 0.3) is 0 Å². The van der Waals surface area contributed by atoms with E-state index in [1.54, 1.807) is 0 Å². The SMILES string of the molecule is CONS(=O)(=O)Cc1cccc(C(=O)O)c1. The molecule has 16 heavy (non-hydrogen) atoms. The summed E-state index contributed by atoms with van der Waals surface area (Å²) in [5, 5.41) is 8.72. The summed E-state index contributed by atoms with van der Waals surface area (Å²) in [6, 6.07) is 5.71. The predicted molar refractivity (Wildman–Crippen MR) is 56.2 cm³/mol. The Labute approximate surface area is 92.9 Å². The van der Waals surface area contributed by atoms with Crippen molar-refractivity contribution < 1.29 is 23.2 Å². The maximum atomic E-state index is 11.3. The number of carboxylic acids is 1. The first-order chi connectivity index (χ1) is 7.44. The topological polar surface area (TPSA) is 92.7 Å². The monoisotopic (exact) mass is 245 g/mol. The first kappa shape index (κ1) is 12.6. The lowest BCUT2D eigenvalue weighted by atomic mass is 10.1. The summed E-state index contributed by atoms with van der Waals surface area (Å²) in [6.45, 7) is 0. The first-order valence-electron chi connectivity index (χ1n) is 4.29. The highest BCUT2D eigenvalue weighted by Crippen LogP contribution is 2.08. The zero-order valence-corrected chi connectivity index (χ0v) is 9.32. The summed E-state index contributed by atoms with van der Waals surface area (Å²) in [6.07, 6.45) is 0. The van der Waals surface area contributed by atoms with E-state index in [-0.39, 0.29) is 11.3 Å². The Hall–Kier alpha value is -1.44. The molecule has 0 aromatic heterocycles. The van der Waals surface area contributed by atoms with Crippen LogP contribution in [0.2, 0.25) is 0 Å². The van der Waals surface area contributed by atoms with E-state index in [1.165, 1.54) is 31.4 Å². The minimum Gasteiger partial charge on any atom is -0.478 e. The molecule has 0 unspecified atom stereocenters. The molecule has 1 aromatic carbocycles. The molecule has 0 aliphatic rings. The highest BCUT2D eigenvalue weighted by atomic mass is 32.2. The molecule has 0 saturated heterocycles. The lowest BCUT2D eigenvalue weighted by Gasteiger charge is -2.04. The first-order valence-corrected chi connectivity index (χ1v) is 5.94. The third-order valence-corrected chi connectivity index (χ3v) is 2.87. The predicted octanol–water partition coefficient (Wildman–Crippen LogP) is 0.366. The molecule has 0 saturated carbocycles. The number of aromatic carboxylic acids is 1. The van der Waals surface area contributed by atoms with Crippen LogP contribution in [-0.2, 0) is 20.6 Å². The van der Waals surface area contributed by atoms with E-state index in [2.05, 4.69) is 4.84 Å². The van der Waals surface area contributed by atoms with Crippen molar-refractivity contribution in [1.29, 1.82) is 0 Å². The lowest BCUT2D eigenvalue weighted by molar-refractivity contribution is 0.0696. The molecule has 0 atom stereocenters. The summed E-state index contributed by atoms with van der Waals surface area (Å²) >= 11 is 0. The van der Waals surface area contributed by atoms with Crippen LogP contribution in [0, 0.1) is 0 Å². The van der Waals surface area contributed by atoms with Gasteiger partial charge in [0.05, 0.1) is 18.4 Å². The molecule has 7 heteroatoms. The van der Waals surface area contributed by atoms with Gasteiger partial charge in [0.2, 0.25) is 10.0 Å². The maximum Gasteiger partial charge on any atom is 0.335 e. The quantitative estimate of drug-likeness (QED) is 0.731. The van der Waals surface area contributed by atoms with Crippen LogP contribution in [0.5, 0.6) is 0 Å². The van der Waals surface area contributed by atoms with Crippen molar-refractivity contribution in [2.75, 3.05) is 7.11 Å². The fourth-order valence-electron chi connectivity index (χ4n) is 1.17. The molecule has 1 aromatic rings. The molecule has 88 valence electrons. The summed E-state index contributed by atoms with van der Waals surface area (Å²) in [5.41, 5.74) is 0.426. The van der Waals surface area contributed by atoms with Crippen molar-refractivity contribution in [3.8, 4) is 0 Å². The van der Waals surface area contributed by atoms with Crippen molar-refractivity contribution >= 4 is 16.0 Å². The van der Waals surface area contributed by atoms with Crippen molar-refractivity contribution in [1.82, 2.24) is 4.89 Å². The molecule has 1 rings (SSSR count). The molecule has 0 aliphatic carbocycles. The molecule has 0 fully saturated rings. The molecule has 0 bridgehead atoms. The molecule has 0 aliphatic heterocycles. The fraction of sp³-hybridized carbons (Fsp3) is 0.222. The molecule has 0 radical (unpaired) electrons. The van der Waals surface area contributed by atoms with Crippen LogP contribution in [-0.4, -0.2) is 26.6 Å². The highest BCUT2D eigenvalue weighted by Gasteiger charge is 2.12. The van der Waals surface area contributed by atoms with E-state index in [0.717, 1.165) is 0 Å². The molecule has 0 spiro atoms. The minimum atomic E-state index is -3.59. The van der Waals surface area contributed by atoms with Crippen molar-refractivity contribution in [2.24, 2.45) is 0 Å². The minimum absolute atomic E-state index is 0.0464. The van der Waals surface area contributed by atoms with Gasteiger partial charge < -0.3 is 5.11 Å². The number of hydrogen-bond donors (Lipinski definition) is 2. The van der Waals surface area contributed by atoms with E-state index < -0.39 is 16.0 Å². The van der Waals surface area contributed by atoms with Gasteiger partial charge in [-0.1, -0.05) is 17.0 Å². The third kappa shape index (κ3) is 3.61. The summed E-state index contributed by atoms with van der Waals surface area (Å²) in [4.78, 5) is 16.8. The van der Waals surface area contributed by atoms with Crippen LogP contribution in [0.1, 0.15) is 15.9 Å². The lowest BCUT2D eigenvalue weighted by Crippen LogP contribution is -2.23. The van der Waals surface area contributed by atoms with Crippen LogP contribution in [0.4, 0.5) is 0 Å². The smallest absolute Gasteiger partial charge is 0.335 e. The Balaban J connectivity index is 2.90. The normalized spacial score (nSPS) is 11.3. The fourth-order valence-corrected chi connectivity index (χ4v) is 2.10. The van der Waals surface area contributed by atoms with Crippen LogP contribution in [0.15, 0.2) is 24.3 Å². The second kappa shape index (κ2) is 5.06. The largest absolute Gasteiger partial charge is 0.478 e. The van der Waals surface area contributed by atoms with Crippen molar-refractivity contribution in [2.45, 2.75) is 5.75 Å². The molecular weight excluding hydrogens is 234 g/mol. The van der Waals surface area contributed by atoms with E-state index in [0.29, 0.717) is 5.56 Å². The number of sulfonamides is 1. The number of carboxylic acid groups (broad SMARTS) is 1. The van der Waals surface area contributed by atoms with Gasteiger partial charge in [-0.2, -0.15) is 0 Å². The van der Waals surface area contributed by atoms with Crippen LogP contribution in [0.25, 0.3) is 0 Å². The van der Waals surface area contributed by atoms with E-state index in [4.69, 9.17) is 5.11 Å². The number of benzene rings is 1. The van der Waals surface area contributed by atoms with Gasteiger partial charge in [0.1, 0.15) is 0 Å². The molecule has 2 N–H and O–H groups in total. The Kier molecular flexibility index (Phi) is 3.99. The molecular formula is C9H11NO5S. The Bertz CT molecular complexity index is 482. The van der Waals surface area contributed by atoms with Gasteiger partial charge in [0.15, 0.2) is 0 Å². The van der Waals surface area contributed by atoms with Crippen LogP contribution >= 0.6 is 0 Å². The van der Waals surface area contributed by atoms with Crippen molar-refractivity contribution in [3.05, 3.63) is 35.4 Å². The average molecular weight is 245 g/mol. The molecule has 0 heterocycles. The summed E-state index contributed by atoms with van der Waals surface area (Å²) in [7, 11) is -2.41. The zero-order chi connectivity index (χ0) is 12.2. The summed E-state index contributed by atoms with van der Waals surface area (Å²) in [5.74, 6) is -1.43. The van der Waals surface area contributed by atoms with Gasteiger partial charge >= 0.3 is 5.97 Å². The van der Waals surface area contributed by atoms with E-state index in [1.807, 2.05) is 4.89 Å². The second-order valence-corrected chi connectivity index (χ2v) is 4.74. The Morgan fingerprint density at radius 2 is 2.19 bits per heavy atom. The standard InChI is InChI=1S/C9H11NO5S/c1-15-10-16(13,14)6-7-3-2-4-8(5-7)9(11)12/h2-5,10H,6H2,1H3,(H,11,12).